The van der Waals surface area contributed by atoms with E-state index in [-0.39, 0.29) is 17.9 Å². The van der Waals surface area contributed by atoms with Gasteiger partial charge in [-0.05, 0) is 36.2 Å². The van der Waals surface area contributed by atoms with E-state index in [9.17, 15) is 22.8 Å². The predicted octanol–water partition coefficient (Wildman–Crippen LogP) is 3.22. The number of halogens is 3. The third-order valence-corrected chi connectivity index (χ3v) is 3.69. The molecule has 2 aromatic rings. The summed E-state index contributed by atoms with van der Waals surface area (Å²) in [4.78, 5) is 24.0. The molecule has 150 valence electrons. The van der Waals surface area contributed by atoms with Crippen LogP contribution in [0.15, 0.2) is 36.4 Å². The van der Waals surface area contributed by atoms with Gasteiger partial charge in [0.05, 0.1) is 7.11 Å². The molecule has 0 aliphatic carbocycles. The third-order valence-electron chi connectivity index (χ3n) is 3.69. The number of carbonyl (C=O) groups is 2. The highest BCUT2D eigenvalue weighted by Gasteiger charge is 2.22. The Morgan fingerprint density at radius 1 is 1.18 bits per heavy atom. The smallest absolute Gasteiger partial charge is 0.387 e. The lowest BCUT2D eigenvalue weighted by Crippen LogP contribution is -2.28. The maximum absolute atomic E-state index is 13.5. The van der Waals surface area contributed by atoms with E-state index < -0.39 is 36.7 Å². The van der Waals surface area contributed by atoms with Gasteiger partial charge in [0.25, 0.3) is 5.91 Å². The standard InChI is InChI=1S/C19H18F3NO5/c1-11-6-7-12(8-14(11)20)9-23-16(24)10-27-18(25)13-4-3-5-15(26-2)17(13)28-19(21)22/h3-8,19H,9-10H2,1-2H3,(H,23,24). The molecule has 1 N–H and O–H groups in total. The third kappa shape index (κ3) is 5.63. The number of alkyl halides is 2. The van der Waals surface area contributed by atoms with E-state index in [0.29, 0.717) is 11.1 Å². The highest BCUT2D eigenvalue weighted by molar-refractivity contribution is 5.95. The van der Waals surface area contributed by atoms with Crippen LogP contribution in [0.5, 0.6) is 11.5 Å². The van der Waals surface area contributed by atoms with Crippen LogP contribution in [0.4, 0.5) is 13.2 Å². The van der Waals surface area contributed by atoms with Gasteiger partial charge < -0.3 is 19.5 Å². The molecule has 0 spiro atoms. The first kappa shape index (κ1) is 21.1. The van der Waals surface area contributed by atoms with E-state index in [4.69, 9.17) is 9.47 Å². The van der Waals surface area contributed by atoms with Crippen molar-refractivity contribution < 1.29 is 37.0 Å². The fraction of sp³-hybridized carbons (Fsp3) is 0.263. The Hall–Kier alpha value is -3.23. The second-order valence-corrected chi connectivity index (χ2v) is 5.65. The van der Waals surface area contributed by atoms with Crippen molar-refractivity contribution in [2.24, 2.45) is 0 Å². The fourth-order valence-corrected chi connectivity index (χ4v) is 2.25. The van der Waals surface area contributed by atoms with Gasteiger partial charge in [0.1, 0.15) is 11.4 Å². The molecule has 0 atom stereocenters. The molecule has 0 aliphatic rings. The number of para-hydroxylation sites is 1. The second kappa shape index (κ2) is 9.63. The lowest BCUT2D eigenvalue weighted by Gasteiger charge is -2.13. The van der Waals surface area contributed by atoms with Crippen LogP contribution in [0.3, 0.4) is 0 Å². The molecule has 0 saturated heterocycles. The number of hydrogen-bond donors (Lipinski definition) is 1. The minimum Gasteiger partial charge on any atom is -0.493 e. The molecule has 0 radical (unpaired) electrons. The van der Waals surface area contributed by atoms with Gasteiger partial charge in [-0.1, -0.05) is 18.2 Å². The Bertz CT molecular complexity index is 857. The van der Waals surface area contributed by atoms with E-state index in [1.807, 2.05) is 0 Å². The molecule has 9 heteroatoms. The lowest BCUT2D eigenvalue weighted by molar-refractivity contribution is -0.124. The highest BCUT2D eigenvalue weighted by atomic mass is 19.3. The summed E-state index contributed by atoms with van der Waals surface area (Å²) in [7, 11) is 1.23. The summed E-state index contributed by atoms with van der Waals surface area (Å²) in [6, 6.07) is 8.43. The van der Waals surface area contributed by atoms with E-state index in [1.54, 1.807) is 19.1 Å². The summed E-state index contributed by atoms with van der Waals surface area (Å²) >= 11 is 0. The normalized spacial score (nSPS) is 10.5. The van der Waals surface area contributed by atoms with Crippen molar-refractivity contribution in [3.63, 3.8) is 0 Å². The second-order valence-electron chi connectivity index (χ2n) is 5.65. The van der Waals surface area contributed by atoms with Gasteiger partial charge in [0.2, 0.25) is 0 Å². The topological polar surface area (TPSA) is 73.9 Å². The predicted molar refractivity (Wildman–Crippen MR) is 92.9 cm³/mol. The molecular weight excluding hydrogens is 379 g/mol. The Kier molecular flexibility index (Phi) is 7.25. The molecule has 0 fully saturated rings. The van der Waals surface area contributed by atoms with Crippen molar-refractivity contribution in [2.75, 3.05) is 13.7 Å². The molecule has 2 aromatic carbocycles. The van der Waals surface area contributed by atoms with E-state index >= 15 is 0 Å². The summed E-state index contributed by atoms with van der Waals surface area (Å²) in [5.41, 5.74) is 0.695. The minimum absolute atomic E-state index is 0.0342. The molecule has 0 bridgehead atoms. The Labute approximate surface area is 159 Å². The first-order valence-electron chi connectivity index (χ1n) is 8.12. The van der Waals surface area contributed by atoms with Gasteiger partial charge in [-0.15, -0.1) is 0 Å². The molecule has 0 aromatic heterocycles. The van der Waals surface area contributed by atoms with Crippen LogP contribution in [0, 0.1) is 12.7 Å². The highest BCUT2D eigenvalue weighted by Crippen LogP contribution is 2.32. The molecule has 2 rings (SSSR count). The van der Waals surface area contributed by atoms with Crippen LogP contribution in [-0.4, -0.2) is 32.2 Å². The number of hydrogen-bond acceptors (Lipinski definition) is 5. The van der Waals surface area contributed by atoms with Gasteiger partial charge in [-0.2, -0.15) is 8.78 Å². The van der Waals surface area contributed by atoms with Crippen LogP contribution < -0.4 is 14.8 Å². The number of esters is 1. The number of methoxy groups -OCH3 is 1. The van der Waals surface area contributed by atoms with Crippen LogP contribution in [0.25, 0.3) is 0 Å². The van der Waals surface area contributed by atoms with Gasteiger partial charge in [-0.3, -0.25) is 4.79 Å². The zero-order valence-corrected chi connectivity index (χ0v) is 15.1. The number of benzene rings is 2. The molecule has 0 unspecified atom stereocenters. The molecular formula is C19H18F3NO5. The van der Waals surface area contributed by atoms with Gasteiger partial charge in [0.15, 0.2) is 18.1 Å². The van der Waals surface area contributed by atoms with Gasteiger partial charge in [-0.25, -0.2) is 9.18 Å². The lowest BCUT2D eigenvalue weighted by atomic mass is 10.1. The maximum atomic E-state index is 13.5. The van der Waals surface area contributed by atoms with Crippen LogP contribution >= 0.6 is 0 Å². The summed E-state index contributed by atoms with van der Waals surface area (Å²) in [5, 5.41) is 2.46. The molecule has 0 saturated carbocycles. The minimum atomic E-state index is -3.18. The largest absolute Gasteiger partial charge is 0.493 e. The summed E-state index contributed by atoms with van der Waals surface area (Å²) < 4.78 is 52.7. The quantitative estimate of drug-likeness (QED) is 0.693. The number of aryl methyl sites for hydroxylation is 1. The fourth-order valence-electron chi connectivity index (χ4n) is 2.25. The number of carbonyl (C=O) groups excluding carboxylic acids is 2. The summed E-state index contributed by atoms with van der Waals surface area (Å²) in [6.45, 7) is -2.19. The average Bonchev–Trinajstić information content (AvgIpc) is 2.66. The zero-order valence-electron chi connectivity index (χ0n) is 15.1. The molecule has 1 amide bonds. The van der Waals surface area contributed by atoms with Crippen molar-refractivity contribution in [1.82, 2.24) is 5.32 Å². The summed E-state index contributed by atoms with van der Waals surface area (Å²) in [6.07, 6.45) is 0. The van der Waals surface area contributed by atoms with Gasteiger partial charge >= 0.3 is 12.6 Å². The summed E-state index contributed by atoms with van der Waals surface area (Å²) in [5.74, 6) is -2.65. The van der Waals surface area contributed by atoms with Gasteiger partial charge in [0, 0.05) is 6.54 Å². The Morgan fingerprint density at radius 3 is 2.57 bits per heavy atom. The van der Waals surface area contributed by atoms with Crippen LogP contribution in [-0.2, 0) is 16.1 Å². The maximum Gasteiger partial charge on any atom is 0.387 e. The number of ether oxygens (including phenoxy) is 3. The van der Waals surface area contributed by atoms with E-state index in [1.165, 1.54) is 31.4 Å². The van der Waals surface area contributed by atoms with Crippen molar-refractivity contribution in [2.45, 2.75) is 20.1 Å². The van der Waals surface area contributed by atoms with Crippen molar-refractivity contribution in [1.29, 1.82) is 0 Å². The SMILES string of the molecule is COc1cccc(C(=O)OCC(=O)NCc2ccc(C)c(F)c2)c1OC(F)F. The van der Waals surface area contributed by atoms with E-state index in [2.05, 4.69) is 10.1 Å². The molecule has 0 heterocycles. The Morgan fingerprint density at radius 2 is 1.93 bits per heavy atom. The van der Waals surface area contributed by atoms with Crippen LogP contribution in [0.1, 0.15) is 21.5 Å². The molecule has 0 aliphatic heterocycles. The van der Waals surface area contributed by atoms with Crippen molar-refractivity contribution in [3.8, 4) is 11.5 Å². The van der Waals surface area contributed by atoms with E-state index in [0.717, 1.165) is 0 Å². The Balaban J connectivity index is 1.96. The molecule has 28 heavy (non-hydrogen) atoms. The number of nitrogens with one attached hydrogen (secondary N) is 1. The van der Waals surface area contributed by atoms with Crippen molar-refractivity contribution in [3.05, 3.63) is 58.9 Å². The number of rotatable bonds is 8. The number of amides is 1. The average molecular weight is 397 g/mol. The van der Waals surface area contributed by atoms with Crippen LogP contribution in [0.2, 0.25) is 0 Å². The molecule has 6 nitrogen and oxygen atoms in total. The van der Waals surface area contributed by atoms with Crippen molar-refractivity contribution >= 4 is 11.9 Å². The first-order valence-corrected chi connectivity index (χ1v) is 8.12. The zero-order chi connectivity index (χ0) is 20.7. The first-order chi connectivity index (χ1) is 13.3. The monoisotopic (exact) mass is 397 g/mol.